The number of hydrogen-bond donors (Lipinski definition) is 2. The normalized spacial score (nSPS) is 9.85. The zero-order chi connectivity index (χ0) is 9.10. The smallest absolute Gasteiger partial charge is 0.245 e. The highest BCUT2D eigenvalue weighted by molar-refractivity contribution is 5.39. The molecule has 0 aliphatic rings. The Labute approximate surface area is 71.8 Å². The molecular weight excluding hydrogens is 174 g/mol. The van der Waals surface area contributed by atoms with Gasteiger partial charge in [0.1, 0.15) is 0 Å². The molecule has 0 saturated heterocycles. The van der Waals surface area contributed by atoms with E-state index >= 15 is 0 Å². The van der Waals surface area contributed by atoms with Gasteiger partial charge in [0.05, 0.1) is 0 Å². The lowest BCUT2D eigenvalue weighted by atomic mass is 10.6. The summed E-state index contributed by atoms with van der Waals surface area (Å²) in [5.41, 5.74) is 2.67. The molecule has 0 amide bonds. The molecule has 0 aliphatic carbocycles. The van der Waals surface area contributed by atoms with Gasteiger partial charge in [0.15, 0.2) is 0 Å². The molecular formula is C4H5N9. The molecule has 0 saturated carbocycles. The van der Waals surface area contributed by atoms with Crippen molar-refractivity contribution in [3.63, 3.8) is 0 Å². The van der Waals surface area contributed by atoms with Gasteiger partial charge in [-0.05, 0) is 15.6 Å². The van der Waals surface area contributed by atoms with Crippen LogP contribution in [-0.4, -0.2) is 40.9 Å². The third kappa shape index (κ3) is 1.21. The number of tetrazole rings is 2. The second kappa shape index (κ2) is 2.97. The lowest BCUT2D eigenvalue weighted by molar-refractivity contribution is 0.737. The van der Waals surface area contributed by atoms with Crippen molar-refractivity contribution in [1.29, 1.82) is 0 Å². The van der Waals surface area contributed by atoms with E-state index in [0.717, 1.165) is 0 Å². The maximum absolute atomic E-state index is 3.72. The van der Waals surface area contributed by atoms with Crippen molar-refractivity contribution in [2.24, 2.45) is 0 Å². The zero-order valence-corrected chi connectivity index (χ0v) is 6.41. The van der Waals surface area contributed by atoms with Crippen molar-refractivity contribution in [3.05, 3.63) is 12.8 Å². The predicted octanol–water partition coefficient (Wildman–Crippen LogP) is -1.46. The van der Waals surface area contributed by atoms with Crippen LogP contribution in [0.1, 0.15) is 0 Å². The van der Waals surface area contributed by atoms with E-state index in [9.17, 15) is 0 Å². The van der Waals surface area contributed by atoms with E-state index in [1.807, 2.05) is 0 Å². The third-order valence-electron chi connectivity index (χ3n) is 1.23. The van der Waals surface area contributed by atoms with E-state index in [2.05, 4.69) is 48.2 Å². The highest BCUT2D eigenvalue weighted by atomic mass is 15.7. The molecule has 0 atom stereocenters. The Kier molecular flexibility index (Phi) is 1.67. The first-order valence-corrected chi connectivity index (χ1v) is 3.31. The minimum Gasteiger partial charge on any atom is -0.283 e. The van der Waals surface area contributed by atoms with Crippen LogP contribution in [0.3, 0.4) is 0 Å². The molecule has 2 aromatic heterocycles. The van der Waals surface area contributed by atoms with Gasteiger partial charge in [-0.2, -0.15) is 5.21 Å². The summed E-state index contributed by atoms with van der Waals surface area (Å²) in [7, 11) is 0. The van der Waals surface area contributed by atoms with E-state index in [1.54, 1.807) is 0 Å². The lowest BCUT2D eigenvalue weighted by Crippen LogP contribution is -2.11. The van der Waals surface area contributed by atoms with Gasteiger partial charge < -0.3 is 0 Å². The summed E-state index contributed by atoms with van der Waals surface area (Å²) in [6.45, 7) is 3.47. The van der Waals surface area contributed by atoms with Crippen LogP contribution < -0.4 is 5.43 Å². The monoisotopic (exact) mass is 179 g/mol. The Morgan fingerprint density at radius 1 is 1.46 bits per heavy atom. The number of H-pyrrole nitrogens is 1. The number of aromatic nitrogens is 8. The average molecular weight is 179 g/mol. The molecule has 0 bridgehead atoms. The molecule has 0 aliphatic heterocycles. The number of nitrogens with zero attached hydrogens (tertiary/aromatic N) is 7. The van der Waals surface area contributed by atoms with Crippen LogP contribution in [0.4, 0.5) is 0 Å². The van der Waals surface area contributed by atoms with Gasteiger partial charge in [0, 0.05) is 6.20 Å². The fraction of sp³-hybridized carbons (Fsp3) is 0. The highest BCUT2D eigenvalue weighted by Crippen LogP contribution is 2.04. The van der Waals surface area contributed by atoms with Crippen molar-refractivity contribution in [1.82, 2.24) is 40.9 Å². The summed E-state index contributed by atoms with van der Waals surface area (Å²) < 4.78 is 0. The number of rotatable bonds is 3. The molecule has 2 aromatic rings. The largest absolute Gasteiger partial charge is 0.283 e. The number of aromatic amines is 1. The third-order valence-corrected chi connectivity index (χ3v) is 1.23. The fourth-order valence-electron chi connectivity index (χ4n) is 0.756. The van der Waals surface area contributed by atoms with Gasteiger partial charge in [-0.1, -0.05) is 6.58 Å². The Bertz CT molecular complexity index is 385. The van der Waals surface area contributed by atoms with Crippen molar-refractivity contribution < 1.29 is 0 Å². The minimum atomic E-state index is 0.305. The van der Waals surface area contributed by atoms with E-state index in [-0.39, 0.29) is 0 Å². The standard InChI is InChI=1S/C4H5N9/c1-2-5-13-4(8-11-12-13)3-6-9-10-7-3/h2,5H,1H2,(H,6,7,9,10). The summed E-state index contributed by atoms with van der Waals surface area (Å²) in [5.74, 6) is 0.660. The van der Waals surface area contributed by atoms with Crippen molar-refractivity contribution in [3.8, 4) is 11.6 Å². The SMILES string of the molecule is C=CNn1nnnc1-c1nn[nH]n1. The quantitative estimate of drug-likeness (QED) is 0.592. The van der Waals surface area contributed by atoms with Crippen molar-refractivity contribution in [2.75, 3.05) is 5.43 Å². The molecule has 0 fully saturated rings. The van der Waals surface area contributed by atoms with Crippen LogP contribution in [0, 0.1) is 0 Å². The first kappa shape index (κ1) is 7.34. The summed E-state index contributed by atoms with van der Waals surface area (Å²) in [6, 6.07) is 0. The Morgan fingerprint density at radius 2 is 2.38 bits per heavy atom. The van der Waals surface area contributed by atoms with Crippen LogP contribution >= 0.6 is 0 Å². The van der Waals surface area contributed by atoms with Gasteiger partial charge in [-0.3, -0.25) is 5.43 Å². The molecule has 9 heteroatoms. The summed E-state index contributed by atoms with van der Waals surface area (Å²) in [6.07, 6.45) is 1.43. The first-order chi connectivity index (χ1) is 6.42. The molecule has 0 aromatic carbocycles. The highest BCUT2D eigenvalue weighted by Gasteiger charge is 2.11. The average Bonchev–Trinajstić information content (AvgIpc) is 2.71. The zero-order valence-electron chi connectivity index (χ0n) is 6.41. The van der Waals surface area contributed by atoms with E-state index in [4.69, 9.17) is 0 Å². The Hall–Kier alpha value is -2.32. The van der Waals surface area contributed by atoms with E-state index in [1.165, 1.54) is 11.0 Å². The van der Waals surface area contributed by atoms with Crippen LogP contribution in [0.15, 0.2) is 12.8 Å². The van der Waals surface area contributed by atoms with E-state index < -0.39 is 0 Å². The van der Waals surface area contributed by atoms with Gasteiger partial charge >= 0.3 is 0 Å². The molecule has 13 heavy (non-hydrogen) atoms. The maximum Gasteiger partial charge on any atom is 0.245 e. The molecule has 2 N–H and O–H groups in total. The second-order valence-corrected chi connectivity index (χ2v) is 1.98. The summed E-state index contributed by atoms with van der Waals surface area (Å²) in [5, 5.41) is 23.8. The Balaban J connectivity index is 2.40. The van der Waals surface area contributed by atoms with Crippen molar-refractivity contribution in [2.45, 2.75) is 0 Å². The van der Waals surface area contributed by atoms with Crippen LogP contribution in [-0.2, 0) is 0 Å². The summed E-state index contributed by atoms with van der Waals surface area (Å²) >= 11 is 0. The molecule has 9 nitrogen and oxygen atoms in total. The molecule has 0 radical (unpaired) electrons. The van der Waals surface area contributed by atoms with Gasteiger partial charge in [0.25, 0.3) is 0 Å². The molecule has 2 heterocycles. The fourth-order valence-corrected chi connectivity index (χ4v) is 0.756. The molecule has 2 rings (SSSR count). The van der Waals surface area contributed by atoms with Gasteiger partial charge in [0.2, 0.25) is 11.6 Å². The number of nitrogens with one attached hydrogen (secondary N) is 2. The maximum atomic E-state index is 3.72. The van der Waals surface area contributed by atoms with Gasteiger partial charge in [-0.15, -0.1) is 20.1 Å². The Morgan fingerprint density at radius 3 is 3.08 bits per heavy atom. The first-order valence-electron chi connectivity index (χ1n) is 3.31. The molecule has 0 spiro atoms. The molecule has 0 unspecified atom stereocenters. The van der Waals surface area contributed by atoms with Gasteiger partial charge in [-0.25, -0.2) is 0 Å². The van der Waals surface area contributed by atoms with Crippen LogP contribution in [0.25, 0.3) is 11.6 Å². The molecule has 66 valence electrons. The van der Waals surface area contributed by atoms with Crippen LogP contribution in [0.5, 0.6) is 0 Å². The lowest BCUT2D eigenvalue weighted by Gasteiger charge is -1.97. The minimum absolute atomic E-state index is 0.305. The van der Waals surface area contributed by atoms with Crippen molar-refractivity contribution >= 4 is 0 Å². The second-order valence-electron chi connectivity index (χ2n) is 1.98. The topological polar surface area (TPSA) is 110 Å². The van der Waals surface area contributed by atoms with E-state index in [0.29, 0.717) is 11.6 Å². The number of hydrogen-bond acceptors (Lipinski definition) is 7. The predicted molar refractivity (Wildman–Crippen MR) is 40.5 cm³/mol. The van der Waals surface area contributed by atoms with Crippen LogP contribution in [0.2, 0.25) is 0 Å². The summed E-state index contributed by atoms with van der Waals surface area (Å²) in [4.78, 5) is 1.28.